The van der Waals surface area contributed by atoms with Gasteiger partial charge in [0.05, 0.1) is 21.3 Å². The summed E-state index contributed by atoms with van der Waals surface area (Å²) in [6, 6.07) is 17.8. The summed E-state index contributed by atoms with van der Waals surface area (Å²) in [6.07, 6.45) is 1.88. The molecule has 1 aliphatic rings. The molecular weight excluding hydrogens is 535 g/mol. The van der Waals surface area contributed by atoms with Crippen LogP contribution in [-0.2, 0) is 11.4 Å². The van der Waals surface area contributed by atoms with Crippen molar-refractivity contribution < 1.29 is 19.2 Å². The first kappa shape index (κ1) is 22.8. The van der Waals surface area contributed by atoms with Crippen LogP contribution in [0.2, 0.25) is 0 Å². The topological polar surface area (TPSA) is 81.9 Å². The summed E-state index contributed by atoms with van der Waals surface area (Å²) in [5.41, 5.74) is 4.14. The zero-order chi connectivity index (χ0) is 23.5. The molecule has 8 heteroatoms. The quantitative estimate of drug-likeness (QED) is 0.162. The Balaban J connectivity index is 1.62. The minimum atomic E-state index is -0.433. The van der Waals surface area contributed by atoms with Gasteiger partial charge in [-0.15, -0.1) is 0 Å². The molecular formula is C25H21IN2O5. The number of methoxy groups -OCH3 is 1. The molecule has 0 N–H and O–H groups in total. The van der Waals surface area contributed by atoms with E-state index in [-0.39, 0.29) is 18.2 Å². The Morgan fingerprint density at radius 1 is 1.12 bits per heavy atom. The molecule has 3 aromatic carbocycles. The summed E-state index contributed by atoms with van der Waals surface area (Å²) < 4.78 is 12.4. The van der Waals surface area contributed by atoms with Crippen molar-refractivity contribution in [2.75, 3.05) is 18.6 Å². The molecule has 1 heterocycles. The second-order valence-electron chi connectivity index (χ2n) is 7.37. The van der Waals surface area contributed by atoms with E-state index in [0.29, 0.717) is 23.6 Å². The van der Waals surface area contributed by atoms with Crippen LogP contribution in [0.25, 0.3) is 11.6 Å². The van der Waals surface area contributed by atoms with E-state index in [4.69, 9.17) is 9.47 Å². The second kappa shape index (κ2) is 9.62. The van der Waals surface area contributed by atoms with Gasteiger partial charge in [-0.2, -0.15) is 0 Å². The van der Waals surface area contributed by atoms with Crippen LogP contribution in [0.3, 0.4) is 0 Å². The number of rotatable bonds is 7. The zero-order valence-electron chi connectivity index (χ0n) is 18.1. The number of amides is 1. The van der Waals surface area contributed by atoms with Crippen LogP contribution in [0, 0.1) is 13.7 Å². The molecule has 0 unspecified atom stereocenters. The number of hydrogen-bond acceptors (Lipinski definition) is 5. The van der Waals surface area contributed by atoms with Crippen molar-refractivity contribution in [1.82, 2.24) is 0 Å². The maximum Gasteiger partial charge on any atom is 0.269 e. The molecule has 1 aliphatic heterocycles. The molecule has 0 radical (unpaired) electrons. The minimum absolute atomic E-state index is 0.0221. The van der Waals surface area contributed by atoms with E-state index in [1.165, 1.54) is 12.1 Å². The van der Waals surface area contributed by atoms with Gasteiger partial charge in [-0.3, -0.25) is 14.9 Å². The standard InChI is InChI=1S/C25H21IN2O5/c1-3-27-22-7-5-4-6-19(22)20(25(27)29)12-17-13-21(26)24(23(14-17)32-2)33-15-16-8-10-18(11-9-16)28(30)31/h4-14H,3,15H2,1-2H3/b20-12-. The van der Waals surface area contributed by atoms with E-state index in [1.807, 2.05) is 49.4 Å². The molecule has 1 amide bonds. The maximum absolute atomic E-state index is 13.0. The predicted octanol–water partition coefficient (Wildman–Crippen LogP) is 5.69. The Labute approximate surface area is 204 Å². The summed E-state index contributed by atoms with van der Waals surface area (Å²) in [4.78, 5) is 25.2. The average molecular weight is 556 g/mol. The minimum Gasteiger partial charge on any atom is -0.493 e. The highest BCUT2D eigenvalue weighted by Crippen LogP contribution is 2.39. The van der Waals surface area contributed by atoms with E-state index in [0.717, 1.165) is 25.9 Å². The van der Waals surface area contributed by atoms with E-state index >= 15 is 0 Å². The van der Waals surface area contributed by atoms with E-state index in [2.05, 4.69) is 22.6 Å². The van der Waals surface area contributed by atoms with Gasteiger partial charge >= 0.3 is 0 Å². The van der Waals surface area contributed by atoms with Crippen LogP contribution in [0.4, 0.5) is 11.4 Å². The van der Waals surface area contributed by atoms with Crippen molar-refractivity contribution in [2.45, 2.75) is 13.5 Å². The third-order valence-corrected chi connectivity index (χ3v) is 6.17. The first-order valence-electron chi connectivity index (χ1n) is 10.3. The predicted molar refractivity (Wildman–Crippen MR) is 135 cm³/mol. The van der Waals surface area contributed by atoms with Crippen molar-refractivity contribution in [3.8, 4) is 11.5 Å². The molecule has 0 saturated carbocycles. The highest BCUT2D eigenvalue weighted by atomic mass is 127. The van der Waals surface area contributed by atoms with Gasteiger partial charge < -0.3 is 14.4 Å². The number of non-ortho nitro benzene ring substituents is 1. The number of benzene rings is 3. The van der Waals surface area contributed by atoms with Crippen LogP contribution in [0.1, 0.15) is 23.6 Å². The molecule has 7 nitrogen and oxygen atoms in total. The third kappa shape index (κ3) is 4.56. The number of ether oxygens (including phenoxy) is 2. The van der Waals surface area contributed by atoms with Crippen molar-refractivity contribution in [3.05, 3.63) is 91.0 Å². The van der Waals surface area contributed by atoms with Gasteiger partial charge in [-0.25, -0.2) is 0 Å². The Morgan fingerprint density at radius 2 is 1.85 bits per heavy atom. The zero-order valence-corrected chi connectivity index (χ0v) is 20.2. The van der Waals surface area contributed by atoms with Gasteiger partial charge in [0.25, 0.3) is 11.6 Å². The molecule has 168 valence electrons. The van der Waals surface area contributed by atoms with Crippen molar-refractivity contribution >= 4 is 51.5 Å². The van der Waals surface area contributed by atoms with Crippen molar-refractivity contribution in [1.29, 1.82) is 0 Å². The largest absolute Gasteiger partial charge is 0.493 e. The molecule has 33 heavy (non-hydrogen) atoms. The first-order valence-corrected chi connectivity index (χ1v) is 11.4. The van der Waals surface area contributed by atoms with Crippen LogP contribution in [0.5, 0.6) is 11.5 Å². The molecule has 0 spiro atoms. The van der Waals surface area contributed by atoms with Crippen molar-refractivity contribution in [3.63, 3.8) is 0 Å². The number of carbonyl (C=O) groups is 1. The fourth-order valence-electron chi connectivity index (χ4n) is 3.76. The summed E-state index contributed by atoms with van der Waals surface area (Å²) in [7, 11) is 1.57. The first-order chi connectivity index (χ1) is 15.9. The lowest BCUT2D eigenvalue weighted by Crippen LogP contribution is -2.25. The molecule has 0 aromatic heterocycles. The van der Waals surface area contributed by atoms with Crippen molar-refractivity contribution in [2.24, 2.45) is 0 Å². The summed E-state index contributed by atoms with van der Waals surface area (Å²) in [6.45, 7) is 2.80. The molecule has 3 aromatic rings. The van der Waals surface area contributed by atoms with Gasteiger partial charge in [-0.05, 0) is 77.0 Å². The number of hydrogen-bond donors (Lipinski definition) is 0. The number of nitrogens with zero attached hydrogens (tertiary/aromatic N) is 2. The molecule has 0 aliphatic carbocycles. The molecule has 0 fully saturated rings. The second-order valence-corrected chi connectivity index (χ2v) is 8.53. The highest BCUT2D eigenvalue weighted by Gasteiger charge is 2.30. The van der Waals surface area contributed by atoms with Crippen LogP contribution >= 0.6 is 22.6 Å². The van der Waals surface area contributed by atoms with Gasteiger partial charge in [0.15, 0.2) is 11.5 Å². The summed E-state index contributed by atoms with van der Waals surface area (Å²) in [5, 5.41) is 10.8. The van der Waals surface area contributed by atoms with Crippen LogP contribution in [0.15, 0.2) is 60.7 Å². The lowest BCUT2D eigenvalue weighted by Gasteiger charge is -2.14. The Kier molecular flexibility index (Phi) is 6.64. The monoisotopic (exact) mass is 556 g/mol. The fourth-order valence-corrected chi connectivity index (χ4v) is 4.54. The van der Waals surface area contributed by atoms with Gasteiger partial charge in [0, 0.05) is 29.8 Å². The van der Waals surface area contributed by atoms with Crippen LogP contribution in [-0.4, -0.2) is 24.5 Å². The number of fused-ring (bicyclic) bond motifs is 1. The van der Waals surface area contributed by atoms with E-state index < -0.39 is 4.92 Å². The molecule has 0 bridgehead atoms. The Bertz CT molecular complexity index is 1250. The summed E-state index contributed by atoms with van der Waals surface area (Å²) in [5.74, 6) is 1.10. The van der Waals surface area contributed by atoms with Gasteiger partial charge in [-0.1, -0.05) is 18.2 Å². The van der Waals surface area contributed by atoms with E-state index in [1.54, 1.807) is 24.1 Å². The number of likely N-dealkylation sites (N-methyl/N-ethyl adjacent to an activating group) is 1. The number of nitro benzene ring substituents is 1. The van der Waals surface area contributed by atoms with Gasteiger partial charge in [0.1, 0.15) is 6.61 Å². The lowest BCUT2D eigenvalue weighted by molar-refractivity contribution is -0.384. The number of para-hydroxylation sites is 1. The highest BCUT2D eigenvalue weighted by molar-refractivity contribution is 14.1. The number of nitro groups is 1. The van der Waals surface area contributed by atoms with E-state index in [9.17, 15) is 14.9 Å². The molecule has 0 atom stereocenters. The molecule has 0 saturated heterocycles. The van der Waals surface area contributed by atoms with Gasteiger partial charge in [0.2, 0.25) is 0 Å². The number of carbonyl (C=O) groups excluding carboxylic acids is 1. The molecule has 4 rings (SSSR count). The summed E-state index contributed by atoms with van der Waals surface area (Å²) >= 11 is 2.18. The normalized spacial score (nSPS) is 13.8. The maximum atomic E-state index is 13.0. The Morgan fingerprint density at radius 3 is 2.52 bits per heavy atom. The van der Waals surface area contributed by atoms with Crippen LogP contribution < -0.4 is 14.4 Å². The average Bonchev–Trinajstić information content (AvgIpc) is 3.08. The number of anilines is 1. The number of halogens is 1. The Hall–Kier alpha value is -3.40. The lowest BCUT2D eigenvalue weighted by atomic mass is 10.0. The third-order valence-electron chi connectivity index (χ3n) is 5.37. The smallest absolute Gasteiger partial charge is 0.269 e. The SMILES string of the molecule is CCN1C(=O)/C(=C\c2cc(I)c(OCc3ccc([N+](=O)[O-])cc3)c(OC)c2)c2ccccc21. The fraction of sp³-hybridized carbons (Fsp3) is 0.160.